The number of fused-ring (bicyclic) bond motifs is 1. The fourth-order valence-corrected chi connectivity index (χ4v) is 3.01. The van der Waals surface area contributed by atoms with Crippen LogP contribution in [-0.2, 0) is 19.4 Å². The summed E-state index contributed by atoms with van der Waals surface area (Å²) in [4.78, 5) is 1.52. The second-order valence-corrected chi connectivity index (χ2v) is 4.35. The van der Waals surface area contributed by atoms with Gasteiger partial charge in [-0.05, 0) is 42.2 Å². The lowest BCUT2D eigenvalue weighted by molar-refractivity contribution is 0.281. The SMILES string of the molecule is OCc1csc2c1CCCCC2. The third kappa shape index (κ3) is 1.41. The lowest BCUT2D eigenvalue weighted by Gasteiger charge is -1.99. The second kappa shape index (κ2) is 3.58. The van der Waals surface area contributed by atoms with Gasteiger partial charge < -0.3 is 5.11 Å². The number of rotatable bonds is 1. The van der Waals surface area contributed by atoms with Gasteiger partial charge in [-0.15, -0.1) is 11.3 Å². The van der Waals surface area contributed by atoms with Crippen molar-refractivity contribution in [3.8, 4) is 0 Å². The number of hydrogen-bond acceptors (Lipinski definition) is 2. The van der Waals surface area contributed by atoms with E-state index in [-0.39, 0.29) is 6.61 Å². The highest BCUT2D eigenvalue weighted by Crippen LogP contribution is 2.29. The Labute approximate surface area is 77.0 Å². The van der Waals surface area contributed by atoms with E-state index in [1.54, 1.807) is 0 Å². The van der Waals surface area contributed by atoms with Crippen LogP contribution >= 0.6 is 11.3 Å². The minimum atomic E-state index is 0.228. The van der Waals surface area contributed by atoms with E-state index >= 15 is 0 Å². The molecule has 0 amide bonds. The molecule has 1 aliphatic carbocycles. The van der Waals surface area contributed by atoms with Crippen LogP contribution in [0.4, 0.5) is 0 Å². The van der Waals surface area contributed by atoms with Crippen LogP contribution < -0.4 is 0 Å². The molecule has 0 fully saturated rings. The predicted molar refractivity (Wildman–Crippen MR) is 51.5 cm³/mol. The zero-order valence-corrected chi connectivity index (χ0v) is 7.99. The molecule has 12 heavy (non-hydrogen) atoms. The van der Waals surface area contributed by atoms with Crippen LogP contribution in [0.25, 0.3) is 0 Å². The van der Waals surface area contributed by atoms with E-state index in [0.29, 0.717) is 0 Å². The molecule has 66 valence electrons. The van der Waals surface area contributed by atoms with Crippen molar-refractivity contribution >= 4 is 11.3 Å². The van der Waals surface area contributed by atoms with Crippen LogP contribution in [0.5, 0.6) is 0 Å². The molecule has 2 rings (SSSR count). The Bertz CT molecular complexity index is 265. The molecule has 1 N–H and O–H groups in total. The molecule has 0 spiro atoms. The molecule has 0 radical (unpaired) electrons. The Hall–Kier alpha value is -0.340. The van der Waals surface area contributed by atoms with Crippen LogP contribution in [0.15, 0.2) is 5.38 Å². The molecule has 0 aliphatic heterocycles. The molecule has 0 bridgehead atoms. The van der Waals surface area contributed by atoms with Gasteiger partial charge in [0.15, 0.2) is 0 Å². The zero-order chi connectivity index (χ0) is 8.39. The molecule has 1 aromatic rings. The van der Waals surface area contributed by atoms with E-state index in [0.717, 1.165) is 0 Å². The average Bonchev–Trinajstić information content (AvgIpc) is 2.33. The molecule has 0 unspecified atom stereocenters. The van der Waals surface area contributed by atoms with Crippen molar-refractivity contribution in [3.05, 3.63) is 21.4 Å². The summed E-state index contributed by atoms with van der Waals surface area (Å²) in [6, 6.07) is 0. The minimum Gasteiger partial charge on any atom is -0.392 e. The van der Waals surface area contributed by atoms with Crippen molar-refractivity contribution in [3.63, 3.8) is 0 Å². The molecule has 1 aliphatic rings. The Morgan fingerprint density at radius 1 is 1.25 bits per heavy atom. The van der Waals surface area contributed by atoms with Crippen LogP contribution in [0.3, 0.4) is 0 Å². The van der Waals surface area contributed by atoms with Crippen molar-refractivity contribution in [2.75, 3.05) is 0 Å². The fraction of sp³-hybridized carbons (Fsp3) is 0.600. The first-order valence-electron chi connectivity index (χ1n) is 4.61. The van der Waals surface area contributed by atoms with Gasteiger partial charge in [-0.2, -0.15) is 0 Å². The third-order valence-electron chi connectivity index (χ3n) is 2.57. The maximum absolute atomic E-state index is 9.08. The van der Waals surface area contributed by atoms with Crippen LogP contribution in [0.1, 0.15) is 35.3 Å². The van der Waals surface area contributed by atoms with E-state index in [2.05, 4.69) is 5.38 Å². The first-order chi connectivity index (χ1) is 5.92. The molecular formula is C10H14OS. The van der Waals surface area contributed by atoms with Crippen LogP contribution in [0.2, 0.25) is 0 Å². The van der Waals surface area contributed by atoms with E-state index in [1.807, 2.05) is 11.3 Å². The van der Waals surface area contributed by atoms with E-state index in [1.165, 1.54) is 48.1 Å². The highest BCUT2D eigenvalue weighted by atomic mass is 32.1. The Morgan fingerprint density at radius 2 is 2.08 bits per heavy atom. The summed E-state index contributed by atoms with van der Waals surface area (Å²) in [5.41, 5.74) is 2.64. The van der Waals surface area contributed by atoms with Crippen molar-refractivity contribution < 1.29 is 5.11 Å². The van der Waals surface area contributed by atoms with Gasteiger partial charge in [0.2, 0.25) is 0 Å². The van der Waals surface area contributed by atoms with Gasteiger partial charge in [0, 0.05) is 4.88 Å². The summed E-state index contributed by atoms with van der Waals surface area (Å²) < 4.78 is 0. The first kappa shape index (κ1) is 8.27. The van der Waals surface area contributed by atoms with Gasteiger partial charge in [-0.25, -0.2) is 0 Å². The molecule has 0 saturated carbocycles. The van der Waals surface area contributed by atoms with Gasteiger partial charge in [0.05, 0.1) is 6.61 Å². The minimum absolute atomic E-state index is 0.228. The number of thiophene rings is 1. The van der Waals surface area contributed by atoms with Crippen molar-refractivity contribution in [2.24, 2.45) is 0 Å². The zero-order valence-electron chi connectivity index (χ0n) is 7.18. The maximum Gasteiger partial charge on any atom is 0.0692 e. The summed E-state index contributed by atoms with van der Waals surface area (Å²) in [7, 11) is 0. The van der Waals surface area contributed by atoms with E-state index < -0.39 is 0 Å². The summed E-state index contributed by atoms with van der Waals surface area (Å²) in [6.07, 6.45) is 6.41. The van der Waals surface area contributed by atoms with Crippen molar-refractivity contribution in [1.29, 1.82) is 0 Å². The van der Waals surface area contributed by atoms with Crippen LogP contribution in [-0.4, -0.2) is 5.11 Å². The summed E-state index contributed by atoms with van der Waals surface area (Å²) >= 11 is 1.83. The quantitative estimate of drug-likeness (QED) is 0.662. The molecule has 1 aromatic heterocycles. The summed E-state index contributed by atoms with van der Waals surface area (Å²) in [5, 5.41) is 11.2. The van der Waals surface area contributed by atoms with Crippen molar-refractivity contribution in [2.45, 2.75) is 38.7 Å². The Morgan fingerprint density at radius 3 is 2.92 bits per heavy atom. The van der Waals surface area contributed by atoms with Crippen LogP contribution in [0, 0.1) is 0 Å². The third-order valence-corrected chi connectivity index (χ3v) is 3.71. The normalized spacial score (nSPS) is 17.1. The molecular weight excluding hydrogens is 168 g/mol. The highest BCUT2D eigenvalue weighted by molar-refractivity contribution is 7.10. The molecule has 2 heteroatoms. The number of aliphatic hydroxyl groups excluding tert-OH is 1. The molecule has 1 heterocycles. The van der Waals surface area contributed by atoms with Gasteiger partial charge in [-0.3, -0.25) is 0 Å². The summed E-state index contributed by atoms with van der Waals surface area (Å²) in [6.45, 7) is 0.228. The lowest BCUT2D eigenvalue weighted by atomic mass is 10.1. The second-order valence-electron chi connectivity index (χ2n) is 3.38. The Kier molecular flexibility index (Phi) is 2.47. The maximum atomic E-state index is 9.08. The van der Waals surface area contributed by atoms with E-state index in [4.69, 9.17) is 5.11 Å². The Balaban J connectivity index is 2.32. The number of aliphatic hydroxyl groups is 1. The first-order valence-corrected chi connectivity index (χ1v) is 5.49. The lowest BCUT2D eigenvalue weighted by Crippen LogP contribution is -1.90. The van der Waals surface area contributed by atoms with Gasteiger partial charge in [0.1, 0.15) is 0 Å². The fourth-order valence-electron chi connectivity index (χ4n) is 1.87. The average molecular weight is 182 g/mol. The standard InChI is InChI=1S/C10H14OS/c11-6-8-7-12-10-5-3-1-2-4-9(8)10/h7,11H,1-6H2. The molecule has 0 atom stereocenters. The monoisotopic (exact) mass is 182 g/mol. The van der Waals surface area contributed by atoms with E-state index in [9.17, 15) is 0 Å². The predicted octanol–water partition coefficient (Wildman–Crippen LogP) is 2.51. The number of hydrogen-bond donors (Lipinski definition) is 1. The largest absolute Gasteiger partial charge is 0.392 e. The van der Waals surface area contributed by atoms with Gasteiger partial charge >= 0.3 is 0 Å². The number of aryl methyl sites for hydroxylation is 1. The molecule has 0 aromatic carbocycles. The van der Waals surface area contributed by atoms with Gasteiger partial charge in [-0.1, -0.05) is 6.42 Å². The summed E-state index contributed by atoms with van der Waals surface area (Å²) in [5.74, 6) is 0. The smallest absolute Gasteiger partial charge is 0.0692 e. The highest BCUT2D eigenvalue weighted by Gasteiger charge is 2.13. The van der Waals surface area contributed by atoms with Gasteiger partial charge in [0.25, 0.3) is 0 Å². The molecule has 0 saturated heterocycles. The molecule has 1 nitrogen and oxygen atoms in total. The van der Waals surface area contributed by atoms with Crippen molar-refractivity contribution in [1.82, 2.24) is 0 Å². The topological polar surface area (TPSA) is 20.2 Å².